The van der Waals surface area contributed by atoms with E-state index in [1.165, 1.54) is 11.5 Å². The summed E-state index contributed by atoms with van der Waals surface area (Å²) in [7, 11) is 0. The topological polar surface area (TPSA) is 102 Å². The summed E-state index contributed by atoms with van der Waals surface area (Å²) in [5, 5.41) is 11.0. The van der Waals surface area contributed by atoms with Crippen LogP contribution in [0.1, 0.15) is 22.8 Å². The zero-order chi connectivity index (χ0) is 17.3. The third-order valence-electron chi connectivity index (χ3n) is 3.59. The first-order chi connectivity index (χ1) is 11.4. The Bertz CT molecular complexity index is 1000. The van der Waals surface area contributed by atoms with E-state index in [9.17, 15) is 14.4 Å². The molecule has 24 heavy (non-hydrogen) atoms. The van der Waals surface area contributed by atoms with Gasteiger partial charge in [-0.15, -0.1) is 0 Å². The van der Waals surface area contributed by atoms with Crippen LogP contribution in [0, 0.1) is 0 Å². The first-order valence-electron chi connectivity index (χ1n) is 7.17. The molecule has 0 radical (unpaired) electrons. The minimum absolute atomic E-state index is 0.107. The standard InChI is InChI=1S/C17H14N2O5/c1-10(20)12-5-6-15-14(8-12)19(17(23)24-15)9-11-3-2-4-13(7-11)18-16(21)22/h2-8,18H,9H2,1H3,(H,21,22). The fraction of sp³-hybridized carbons (Fsp3) is 0.118. The zero-order valence-corrected chi connectivity index (χ0v) is 12.8. The number of carboxylic acid groups (broad SMARTS) is 1. The van der Waals surface area contributed by atoms with Gasteiger partial charge in [0.15, 0.2) is 11.4 Å². The molecule has 3 rings (SSSR count). The van der Waals surface area contributed by atoms with Crippen molar-refractivity contribution in [1.82, 2.24) is 4.57 Å². The highest BCUT2D eigenvalue weighted by molar-refractivity contribution is 5.97. The number of hydrogen-bond acceptors (Lipinski definition) is 4. The van der Waals surface area contributed by atoms with E-state index < -0.39 is 11.8 Å². The Morgan fingerprint density at radius 3 is 2.71 bits per heavy atom. The first kappa shape index (κ1) is 15.5. The molecule has 0 unspecified atom stereocenters. The molecule has 0 fully saturated rings. The highest BCUT2D eigenvalue weighted by Crippen LogP contribution is 2.18. The number of carbonyl (C=O) groups is 2. The lowest BCUT2D eigenvalue weighted by molar-refractivity contribution is 0.101. The molecule has 7 nitrogen and oxygen atoms in total. The van der Waals surface area contributed by atoms with Gasteiger partial charge in [-0.05, 0) is 42.8 Å². The van der Waals surface area contributed by atoms with Gasteiger partial charge in [-0.3, -0.25) is 14.7 Å². The van der Waals surface area contributed by atoms with E-state index in [0.717, 1.165) is 5.56 Å². The molecule has 3 aromatic rings. The summed E-state index contributed by atoms with van der Waals surface area (Å²) in [5.74, 6) is -0.646. The Morgan fingerprint density at radius 1 is 1.21 bits per heavy atom. The van der Waals surface area contributed by atoms with Gasteiger partial charge in [-0.2, -0.15) is 0 Å². The number of oxazole rings is 1. The molecule has 122 valence electrons. The quantitative estimate of drug-likeness (QED) is 0.718. The summed E-state index contributed by atoms with van der Waals surface area (Å²) in [6, 6.07) is 11.5. The van der Waals surface area contributed by atoms with Crippen molar-refractivity contribution in [3.63, 3.8) is 0 Å². The van der Waals surface area contributed by atoms with Gasteiger partial charge in [0.25, 0.3) is 0 Å². The largest absolute Gasteiger partial charge is 0.465 e. The van der Waals surface area contributed by atoms with Crippen LogP contribution < -0.4 is 11.1 Å². The number of benzene rings is 2. The molecular formula is C17H14N2O5. The van der Waals surface area contributed by atoms with Crippen molar-refractivity contribution >= 4 is 28.7 Å². The second kappa shape index (κ2) is 6.04. The second-order valence-corrected chi connectivity index (χ2v) is 5.32. The van der Waals surface area contributed by atoms with Crippen LogP contribution in [-0.2, 0) is 6.54 Å². The van der Waals surface area contributed by atoms with E-state index in [0.29, 0.717) is 22.4 Å². The average molecular weight is 326 g/mol. The first-order valence-corrected chi connectivity index (χ1v) is 7.17. The summed E-state index contributed by atoms with van der Waals surface area (Å²) < 4.78 is 6.59. The number of anilines is 1. The molecule has 0 aliphatic carbocycles. The number of carbonyl (C=O) groups excluding carboxylic acids is 1. The molecule has 0 saturated heterocycles. The van der Waals surface area contributed by atoms with E-state index in [2.05, 4.69) is 5.32 Å². The summed E-state index contributed by atoms with van der Waals surface area (Å²) in [4.78, 5) is 34.3. The van der Waals surface area contributed by atoms with Crippen LogP contribution in [0.3, 0.4) is 0 Å². The number of rotatable bonds is 4. The van der Waals surface area contributed by atoms with Crippen molar-refractivity contribution in [3.05, 3.63) is 64.1 Å². The fourth-order valence-electron chi connectivity index (χ4n) is 2.48. The van der Waals surface area contributed by atoms with Crippen molar-refractivity contribution in [2.45, 2.75) is 13.5 Å². The zero-order valence-electron chi connectivity index (χ0n) is 12.8. The minimum Gasteiger partial charge on any atom is -0.465 e. The van der Waals surface area contributed by atoms with Crippen molar-refractivity contribution in [3.8, 4) is 0 Å². The third kappa shape index (κ3) is 3.05. The number of fused-ring (bicyclic) bond motifs is 1. The van der Waals surface area contributed by atoms with Gasteiger partial charge in [-0.25, -0.2) is 9.59 Å². The molecule has 0 aliphatic rings. The molecule has 1 amide bonds. The highest BCUT2D eigenvalue weighted by Gasteiger charge is 2.12. The van der Waals surface area contributed by atoms with Crippen LogP contribution in [0.2, 0.25) is 0 Å². The SMILES string of the molecule is CC(=O)c1ccc2oc(=O)n(Cc3cccc(NC(=O)O)c3)c2c1. The molecular weight excluding hydrogens is 312 g/mol. The maximum absolute atomic E-state index is 12.1. The average Bonchev–Trinajstić information content (AvgIpc) is 2.82. The molecule has 0 aliphatic heterocycles. The van der Waals surface area contributed by atoms with Crippen LogP contribution in [-0.4, -0.2) is 21.6 Å². The summed E-state index contributed by atoms with van der Waals surface area (Å²) in [5.41, 5.74) is 2.53. The summed E-state index contributed by atoms with van der Waals surface area (Å²) in [6.45, 7) is 1.65. The lowest BCUT2D eigenvalue weighted by atomic mass is 10.1. The Labute approximate surface area is 136 Å². The van der Waals surface area contributed by atoms with Crippen molar-refractivity contribution in [2.75, 3.05) is 5.32 Å². The minimum atomic E-state index is -1.16. The van der Waals surface area contributed by atoms with Gasteiger partial charge >= 0.3 is 11.8 Å². The van der Waals surface area contributed by atoms with Gasteiger partial charge in [0, 0.05) is 11.3 Å². The normalized spacial score (nSPS) is 10.7. The van der Waals surface area contributed by atoms with Crippen LogP contribution in [0.25, 0.3) is 11.1 Å². The van der Waals surface area contributed by atoms with E-state index in [1.54, 1.807) is 42.5 Å². The second-order valence-electron chi connectivity index (χ2n) is 5.32. The van der Waals surface area contributed by atoms with E-state index in [4.69, 9.17) is 9.52 Å². The molecule has 0 spiro atoms. The Hall–Kier alpha value is -3.35. The van der Waals surface area contributed by atoms with Gasteiger partial charge in [0.05, 0.1) is 12.1 Å². The number of Topliss-reactive ketones (excluding diaryl/α,β-unsaturated/α-hetero) is 1. The molecule has 7 heteroatoms. The van der Waals surface area contributed by atoms with Crippen LogP contribution in [0.4, 0.5) is 10.5 Å². The lowest BCUT2D eigenvalue weighted by Gasteiger charge is -2.06. The van der Waals surface area contributed by atoms with Gasteiger partial charge in [0.1, 0.15) is 0 Å². The predicted octanol–water partition coefficient (Wildman–Crippen LogP) is 2.94. The molecule has 2 aromatic carbocycles. The monoisotopic (exact) mass is 326 g/mol. The number of nitrogens with zero attached hydrogens (tertiary/aromatic N) is 1. The molecule has 2 N–H and O–H groups in total. The van der Waals surface area contributed by atoms with Crippen molar-refractivity contribution < 1.29 is 19.1 Å². The Morgan fingerprint density at radius 2 is 2.00 bits per heavy atom. The summed E-state index contributed by atoms with van der Waals surface area (Å²) >= 11 is 0. The third-order valence-corrected chi connectivity index (χ3v) is 3.59. The number of amides is 1. The van der Waals surface area contributed by atoms with Crippen LogP contribution in [0.5, 0.6) is 0 Å². The highest BCUT2D eigenvalue weighted by atomic mass is 16.4. The maximum atomic E-state index is 12.1. The van der Waals surface area contributed by atoms with Crippen LogP contribution in [0.15, 0.2) is 51.7 Å². The Kier molecular flexibility index (Phi) is 3.91. The molecule has 0 atom stereocenters. The van der Waals surface area contributed by atoms with Crippen LogP contribution >= 0.6 is 0 Å². The Balaban J connectivity index is 2.02. The van der Waals surface area contributed by atoms with E-state index in [-0.39, 0.29) is 12.3 Å². The fourth-order valence-corrected chi connectivity index (χ4v) is 2.48. The molecule has 1 heterocycles. The van der Waals surface area contributed by atoms with E-state index >= 15 is 0 Å². The summed E-state index contributed by atoms with van der Waals surface area (Å²) in [6.07, 6.45) is -1.16. The lowest BCUT2D eigenvalue weighted by Crippen LogP contribution is -2.15. The number of aromatic nitrogens is 1. The van der Waals surface area contributed by atoms with Gasteiger partial charge < -0.3 is 9.52 Å². The molecule has 1 aromatic heterocycles. The molecule has 0 bridgehead atoms. The maximum Gasteiger partial charge on any atom is 0.420 e. The number of ketones is 1. The predicted molar refractivity (Wildman–Crippen MR) is 87.7 cm³/mol. The smallest absolute Gasteiger partial charge is 0.420 e. The van der Waals surface area contributed by atoms with Crippen molar-refractivity contribution in [1.29, 1.82) is 0 Å². The number of hydrogen-bond donors (Lipinski definition) is 2. The van der Waals surface area contributed by atoms with E-state index in [1.807, 2.05) is 0 Å². The van der Waals surface area contributed by atoms with Gasteiger partial charge in [-0.1, -0.05) is 12.1 Å². The molecule has 0 saturated carbocycles. The van der Waals surface area contributed by atoms with Gasteiger partial charge in [0.2, 0.25) is 0 Å². The van der Waals surface area contributed by atoms with Crippen molar-refractivity contribution in [2.24, 2.45) is 0 Å². The number of nitrogens with one attached hydrogen (secondary N) is 1.